The molecule has 1 aliphatic carbocycles. The quantitative estimate of drug-likeness (QED) is 0.663. The molecule has 1 unspecified atom stereocenters. The van der Waals surface area contributed by atoms with Gasteiger partial charge in [0.25, 0.3) is 0 Å². The number of esters is 2. The van der Waals surface area contributed by atoms with Gasteiger partial charge >= 0.3 is 11.9 Å². The molecule has 0 amide bonds. The van der Waals surface area contributed by atoms with Gasteiger partial charge in [-0.2, -0.15) is 5.10 Å². The van der Waals surface area contributed by atoms with Crippen LogP contribution in [0.2, 0.25) is 0 Å². The van der Waals surface area contributed by atoms with Crippen LogP contribution in [-0.4, -0.2) is 41.0 Å². The van der Waals surface area contributed by atoms with E-state index in [1.807, 2.05) is 45.0 Å². The Bertz CT molecular complexity index is 901. The number of hydrogen-bond donors (Lipinski definition) is 0. The molecule has 0 spiro atoms. The lowest BCUT2D eigenvalue weighted by molar-refractivity contribution is -0.154. The molecule has 1 aromatic carbocycles. The number of rotatable bonds is 6. The van der Waals surface area contributed by atoms with Gasteiger partial charge in [-0.25, -0.2) is 4.79 Å². The minimum absolute atomic E-state index is 0.0166. The van der Waals surface area contributed by atoms with Crippen LogP contribution in [0.3, 0.4) is 0 Å². The monoisotopic (exact) mass is 414 g/mol. The number of aromatic nitrogens is 2. The van der Waals surface area contributed by atoms with E-state index in [-0.39, 0.29) is 24.1 Å². The van der Waals surface area contributed by atoms with Crippen molar-refractivity contribution in [1.82, 2.24) is 9.78 Å². The molecule has 2 atom stereocenters. The third-order valence-corrected chi connectivity index (χ3v) is 5.47. The molecule has 162 valence electrons. The summed E-state index contributed by atoms with van der Waals surface area (Å²) in [5.41, 5.74) is 2.61. The highest BCUT2D eigenvalue weighted by Crippen LogP contribution is 2.31. The summed E-state index contributed by atoms with van der Waals surface area (Å²) < 4.78 is 18.1. The molecule has 1 fully saturated rings. The minimum atomic E-state index is -0.405. The van der Waals surface area contributed by atoms with Crippen LogP contribution in [0.5, 0.6) is 5.75 Å². The number of hydrogen-bond acceptors (Lipinski definition) is 6. The van der Waals surface area contributed by atoms with Crippen molar-refractivity contribution in [3.63, 3.8) is 0 Å². The van der Waals surface area contributed by atoms with E-state index < -0.39 is 5.97 Å². The molecule has 1 saturated carbocycles. The molecule has 7 heteroatoms. The lowest BCUT2D eigenvalue weighted by Crippen LogP contribution is -2.31. The summed E-state index contributed by atoms with van der Waals surface area (Å²) in [5, 5.41) is 4.47. The highest BCUT2D eigenvalue weighted by molar-refractivity contribution is 5.97. The summed E-state index contributed by atoms with van der Waals surface area (Å²) in [6, 6.07) is 7.51. The minimum Gasteiger partial charge on any atom is -0.490 e. The third-order valence-electron chi connectivity index (χ3n) is 5.47. The van der Waals surface area contributed by atoms with Crippen molar-refractivity contribution in [1.29, 1.82) is 0 Å². The summed E-state index contributed by atoms with van der Waals surface area (Å²) in [7, 11) is 3.16. The second-order valence-corrected chi connectivity index (χ2v) is 8.04. The number of methoxy groups -OCH3 is 1. The summed E-state index contributed by atoms with van der Waals surface area (Å²) in [6.07, 6.45) is 3.25. The van der Waals surface area contributed by atoms with Gasteiger partial charge in [0.1, 0.15) is 17.0 Å². The van der Waals surface area contributed by atoms with Crippen molar-refractivity contribution < 1.29 is 23.8 Å². The molecule has 0 radical (unpaired) electrons. The molecule has 0 N–H and O–H groups in total. The molecule has 3 rings (SSSR count). The first-order valence-corrected chi connectivity index (χ1v) is 10.4. The summed E-state index contributed by atoms with van der Waals surface area (Å²) >= 11 is 0. The van der Waals surface area contributed by atoms with Crippen molar-refractivity contribution >= 4 is 11.9 Å². The van der Waals surface area contributed by atoms with E-state index in [0.29, 0.717) is 17.7 Å². The van der Waals surface area contributed by atoms with Crippen LogP contribution in [0, 0.1) is 12.8 Å². The molecule has 7 nitrogen and oxygen atoms in total. The van der Waals surface area contributed by atoms with Crippen molar-refractivity contribution in [2.45, 2.75) is 58.7 Å². The largest absolute Gasteiger partial charge is 0.490 e. The number of benzene rings is 1. The molecule has 1 heterocycles. The molecular formula is C23H30N2O5. The smallest absolute Gasteiger partial charge is 0.342 e. The molecule has 1 aromatic heterocycles. The van der Waals surface area contributed by atoms with Crippen LogP contribution in [0.15, 0.2) is 24.3 Å². The molecule has 0 saturated heterocycles. The maximum absolute atomic E-state index is 12.2. The second-order valence-electron chi connectivity index (χ2n) is 8.04. The first-order chi connectivity index (χ1) is 14.3. The number of nitrogens with zero attached hydrogens (tertiary/aromatic N) is 2. The molecular weight excluding hydrogens is 384 g/mol. The molecule has 1 aliphatic rings. The number of carbonyl (C=O) groups excluding carboxylic acids is 2. The van der Waals surface area contributed by atoms with Crippen LogP contribution in [0.1, 0.15) is 55.6 Å². The number of carbonyl (C=O) groups is 2. The van der Waals surface area contributed by atoms with Gasteiger partial charge in [0.05, 0.1) is 30.9 Å². The van der Waals surface area contributed by atoms with E-state index in [9.17, 15) is 9.59 Å². The predicted molar refractivity (Wildman–Crippen MR) is 112 cm³/mol. The number of aryl methyl sites for hydroxylation is 1. The van der Waals surface area contributed by atoms with E-state index in [1.165, 1.54) is 7.11 Å². The second kappa shape index (κ2) is 9.32. The maximum Gasteiger partial charge on any atom is 0.342 e. The van der Waals surface area contributed by atoms with E-state index >= 15 is 0 Å². The Kier molecular flexibility index (Phi) is 6.80. The number of ether oxygens (including phenoxy) is 3. The van der Waals surface area contributed by atoms with Crippen LogP contribution < -0.4 is 4.74 Å². The fourth-order valence-electron chi connectivity index (χ4n) is 3.84. The highest BCUT2D eigenvalue weighted by atomic mass is 16.5. The van der Waals surface area contributed by atoms with Gasteiger partial charge in [-0.15, -0.1) is 0 Å². The average Bonchev–Trinajstić information content (AvgIpc) is 3.02. The Morgan fingerprint density at radius 3 is 2.50 bits per heavy atom. The maximum atomic E-state index is 12.2. The topological polar surface area (TPSA) is 79.7 Å². The van der Waals surface area contributed by atoms with Gasteiger partial charge in [-0.05, 0) is 70.7 Å². The average molecular weight is 415 g/mol. The zero-order valence-corrected chi connectivity index (χ0v) is 18.3. The standard InChI is InChI=1S/C23H30N2O5/c1-14(2)29-22(26)17-7-6-8-19(13-17)30-18-11-9-16(10-12-18)21-20(23(27)28-5)15(3)25(4)24-21/h9-12,14,17,19H,6-8,13H2,1-5H3/t17?,19-/m0/s1. The van der Waals surface area contributed by atoms with Crippen molar-refractivity contribution in [2.75, 3.05) is 7.11 Å². The Labute approximate surface area is 177 Å². The highest BCUT2D eigenvalue weighted by Gasteiger charge is 2.30. The fourth-order valence-corrected chi connectivity index (χ4v) is 3.84. The third kappa shape index (κ3) is 4.83. The van der Waals surface area contributed by atoms with Crippen LogP contribution in [0.25, 0.3) is 11.3 Å². The molecule has 0 aliphatic heterocycles. The predicted octanol–water partition coefficient (Wildman–Crippen LogP) is 4.07. The zero-order chi connectivity index (χ0) is 21.8. The van der Waals surface area contributed by atoms with Crippen molar-refractivity contribution in [3.8, 4) is 17.0 Å². The summed E-state index contributed by atoms with van der Waals surface area (Å²) in [4.78, 5) is 24.4. The van der Waals surface area contributed by atoms with Crippen LogP contribution >= 0.6 is 0 Å². The Morgan fingerprint density at radius 1 is 1.17 bits per heavy atom. The molecule has 0 bridgehead atoms. The SMILES string of the molecule is COC(=O)c1c(-c2ccc(O[C@H]3CCCC(C(=O)OC(C)C)C3)cc2)nn(C)c1C. The van der Waals surface area contributed by atoms with Gasteiger partial charge in [-0.1, -0.05) is 0 Å². The molecule has 2 aromatic rings. The van der Waals surface area contributed by atoms with E-state index in [4.69, 9.17) is 14.2 Å². The Hall–Kier alpha value is -2.83. The van der Waals surface area contributed by atoms with Gasteiger partial charge < -0.3 is 14.2 Å². The van der Waals surface area contributed by atoms with Crippen molar-refractivity contribution in [2.24, 2.45) is 13.0 Å². The molecule has 30 heavy (non-hydrogen) atoms. The van der Waals surface area contributed by atoms with Gasteiger partial charge in [-0.3, -0.25) is 9.48 Å². The lowest BCUT2D eigenvalue weighted by Gasteiger charge is -2.29. The summed E-state index contributed by atoms with van der Waals surface area (Å²) in [6.45, 7) is 5.57. The van der Waals surface area contributed by atoms with Crippen molar-refractivity contribution in [3.05, 3.63) is 35.5 Å². The van der Waals surface area contributed by atoms with E-state index in [1.54, 1.807) is 11.7 Å². The normalized spacial score (nSPS) is 18.9. The Morgan fingerprint density at radius 2 is 1.87 bits per heavy atom. The first-order valence-electron chi connectivity index (χ1n) is 10.4. The van der Waals surface area contributed by atoms with Gasteiger partial charge in [0, 0.05) is 12.6 Å². The summed E-state index contributed by atoms with van der Waals surface area (Å²) in [5.74, 6) is 0.0883. The van der Waals surface area contributed by atoms with Crippen LogP contribution in [-0.2, 0) is 21.3 Å². The fraction of sp³-hybridized carbons (Fsp3) is 0.522. The van der Waals surface area contributed by atoms with E-state index in [2.05, 4.69) is 5.10 Å². The van der Waals surface area contributed by atoms with Gasteiger partial charge in [0.2, 0.25) is 0 Å². The van der Waals surface area contributed by atoms with Crippen LogP contribution in [0.4, 0.5) is 0 Å². The first kappa shape index (κ1) is 21.9. The Balaban J connectivity index is 1.70. The zero-order valence-electron chi connectivity index (χ0n) is 18.3. The van der Waals surface area contributed by atoms with Gasteiger partial charge in [0.15, 0.2) is 0 Å². The van der Waals surface area contributed by atoms with E-state index in [0.717, 1.165) is 36.3 Å². The lowest BCUT2D eigenvalue weighted by atomic mass is 9.87.